The first-order chi connectivity index (χ1) is 9.86. The molecule has 0 aliphatic rings. The summed E-state index contributed by atoms with van der Waals surface area (Å²) in [4.78, 5) is 0. The molecule has 0 bridgehead atoms. The van der Waals surface area contributed by atoms with E-state index in [0.717, 1.165) is 29.2 Å². The molecule has 0 aliphatic heterocycles. The second-order valence-corrected chi connectivity index (χ2v) is 4.47. The minimum absolute atomic E-state index is 0.715. The second kappa shape index (κ2) is 5.71. The second-order valence-electron chi connectivity index (χ2n) is 4.47. The van der Waals surface area contributed by atoms with Crippen LogP contribution in [0.4, 0.5) is 0 Å². The highest BCUT2D eigenvalue weighted by molar-refractivity contribution is 5.55. The standard InChI is InChI=1S/C15H16N4O/c1-2-16-10-13-8-15(20-18-13)12-9-17-19(11-12)14-6-4-3-5-7-14/h3-9,11,16H,2,10H2,1H3. The highest BCUT2D eigenvalue weighted by Gasteiger charge is 2.09. The van der Waals surface area contributed by atoms with E-state index in [-0.39, 0.29) is 0 Å². The summed E-state index contributed by atoms with van der Waals surface area (Å²) < 4.78 is 7.17. The van der Waals surface area contributed by atoms with E-state index in [1.165, 1.54) is 0 Å². The predicted octanol–water partition coefficient (Wildman–Crippen LogP) is 2.64. The van der Waals surface area contributed by atoms with Crippen LogP contribution in [0.5, 0.6) is 0 Å². The van der Waals surface area contributed by atoms with Gasteiger partial charge >= 0.3 is 0 Å². The molecular weight excluding hydrogens is 252 g/mol. The van der Waals surface area contributed by atoms with Gasteiger partial charge in [-0.05, 0) is 18.7 Å². The quantitative estimate of drug-likeness (QED) is 0.773. The third-order valence-corrected chi connectivity index (χ3v) is 3.00. The number of nitrogens with one attached hydrogen (secondary N) is 1. The first-order valence-electron chi connectivity index (χ1n) is 6.63. The van der Waals surface area contributed by atoms with Crippen LogP contribution < -0.4 is 5.32 Å². The topological polar surface area (TPSA) is 55.9 Å². The van der Waals surface area contributed by atoms with Crippen molar-refractivity contribution in [1.29, 1.82) is 0 Å². The predicted molar refractivity (Wildman–Crippen MR) is 76.4 cm³/mol. The van der Waals surface area contributed by atoms with Crippen LogP contribution in [0.1, 0.15) is 12.6 Å². The lowest BCUT2D eigenvalue weighted by molar-refractivity contribution is 0.420. The van der Waals surface area contributed by atoms with Crippen molar-refractivity contribution in [2.75, 3.05) is 6.54 Å². The number of aromatic nitrogens is 3. The molecule has 0 saturated heterocycles. The zero-order valence-electron chi connectivity index (χ0n) is 11.3. The van der Waals surface area contributed by atoms with Crippen molar-refractivity contribution in [3.63, 3.8) is 0 Å². The van der Waals surface area contributed by atoms with Crippen molar-refractivity contribution in [1.82, 2.24) is 20.3 Å². The fraction of sp³-hybridized carbons (Fsp3) is 0.200. The zero-order chi connectivity index (χ0) is 13.8. The molecule has 20 heavy (non-hydrogen) atoms. The molecule has 0 fully saturated rings. The van der Waals surface area contributed by atoms with Crippen LogP contribution in [0.2, 0.25) is 0 Å². The number of hydrogen-bond donors (Lipinski definition) is 1. The highest BCUT2D eigenvalue weighted by Crippen LogP contribution is 2.21. The average molecular weight is 268 g/mol. The lowest BCUT2D eigenvalue weighted by Gasteiger charge is -1.98. The summed E-state index contributed by atoms with van der Waals surface area (Å²) in [6.45, 7) is 3.69. The van der Waals surface area contributed by atoms with E-state index in [1.54, 1.807) is 6.20 Å². The maximum atomic E-state index is 5.35. The van der Waals surface area contributed by atoms with Gasteiger partial charge in [-0.3, -0.25) is 0 Å². The lowest BCUT2D eigenvalue weighted by Crippen LogP contribution is -2.11. The van der Waals surface area contributed by atoms with Crippen LogP contribution in [0.15, 0.2) is 53.3 Å². The average Bonchev–Trinajstić information content (AvgIpc) is 3.15. The molecule has 0 unspecified atom stereocenters. The van der Waals surface area contributed by atoms with Crippen molar-refractivity contribution in [2.24, 2.45) is 0 Å². The summed E-state index contributed by atoms with van der Waals surface area (Å²) in [5.41, 5.74) is 2.84. The van der Waals surface area contributed by atoms with Gasteiger partial charge in [-0.25, -0.2) is 4.68 Å². The Morgan fingerprint density at radius 3 is 2.90 bits per heavy atom. The number of nitrogens with zero attached hydrogens (tertiary/aromatic N) is 3. The number of hydrogen-bond acceptors (Lipinski definition) is 4. The lowest BCUT2D eigenvalue weighted by atomic mass is 10.2. The summed E-state index contributed by atoms with van der Waals surface area (Å²) in [7, 11) is 0. The van der Waals surface area contributed by atoms with Gasteiger partial charge in [-0.15, -0.1) is 0 Å². The maximum absolute atomic E-state index is 5.35. The SMILES string of the molecule is CCNCc1cc(-c2cnn(-c3ccccc3)c2)on1. The Bertz CT molecular complexity index is 672. The Morgan fingerprint density at radius 2 is 2.10 bits per heavy atom. The van der Waals surface area contributed by atoms with Crippen LogP contribution in [0, 0.1) is 0 Å². The van der Waals surface area contributed by atoms with Crippen LogP contribution in [-0.2, 0) is 6.54 Å². The largest absolute Gasteiger partial charge is 0.356 e. The number of rotatable bonds is 5. The van der Waals surface area contributed by atoms with Crippen molar-refractivity contribution in [3.8, 4) is 17.0 Å². The fourth-order valence-corrected chi connectivity index (χ4v) is 1.96. The van der Waals surface area contributed by atoms with E-state index >= 15 is 0 Å². The number of para-hydroxylation sites is 1. The van der Waals surface area contributed by atoms with E-state index in [1.807, 2.05) is 47.3 Å². The van der Waals surface area contributed by atoms with Gasteiger partial charge in [-0.2, -0.15) is 5.10 Å². The summed E-state index contributed by atoms with van der Waals surface area (Å²) in [5.74, 6) is 0.736. The fourth-order valence-electron chi connectivity index (χ4n) is 1.96. The molecule has 0 radical (unpaired) electrons. The Balaban J connectivity index is 1.81. The van der Waals surface area contributed by atoms with Crippen molar-refractivity contribution in [2.45, 2.75) is 13.5 Å². The van der Waals surface area contributed by atoms with E-state index in [0.29, 0.717) is 6.54 Å². The van der Waals surface area contributed by atoms with Gasteiger partial charge in [0.25, 0.3) is 0 Å². The van der Waals surface area contributed by atoms with Crippen molar-refractivity contribution >= 4 is 0 Å². The molecule has 2 aromatic heterocycles. The Morgan fingerprint density at radius 1 is 1.25 bits per heavy atom. The molecule has 0 saturated carbocycles. The Kier molecular flexibility index (Phi) is 3.60. The normalized spacial score (nSPS) is 10.8. The van der Waals surface area contributed by atoms with Crippen molar-refractivity contribution in [3.05, 3.63) is 54.5 Å². The minimum atomic E-state index is 0.715. The Labute approximate surface area is 117 Å². The van der Waals surface area contributed by atoms with Crippen LogP contribution in [0.3, 0.4) is 0 Å². The summed E-state index contributed by atoms with van der Waals surface area (Å²) in [6, 6.07) is 11.9. The third kappa shape index (κ3) is 2.62. The van der Waals surface area contributed by atoms with Gasteiger partial charge in [-0.1, -0.05) is 30.3 Å². The minimum Gasteiger partial charge on any atom is -0.356 e. The van der Waals surface area contributed by atoms with Crippen LogP contribution in [0.25, 0.3) is 17.0 Å². The smallest absolute Gasteiger partial charge is 0.170 e. The van der Waals surface area contributed by atoms with E-state index in [2.05, 4.69) is 22.5 Å². The van der Waals surface area contributed by atoms with Gasteiger partial charge in [0.05, 0.1) is 23.1 Å². The first-order valence-corrected chi connectivity index (χ1v) is 6.63. The summed E-state index contributed by atoms with van der Waals surface area (Å²) in [5, 5.41) is 11.6. The molecule has 1 N–H and O–H groups in total. The van der Waals surface area contributed by atoms with E-state index in [4.69, 9.17) is 4.52 Å². The molecule has 0 spiro atoms. The summed E-state index contributed by atoms with van der Waals surface area (Å²) in [6.07, 6.45) is 3.72. The van der Waals surface area contributed by atoms with Crippen LogP contribution >= 0.6 is 0 Å². The molecule has 1 aromatic carbocycles. The molecule has 0 aliphatic carbocycles. The van der Waals surface area contributed by atoms with Gasteiger partial charge in [0, 0.05) is 18.8 Å². The maximum Gasteiger partial charge on any atom is 0.170 e. The van der Waals surface area contributed by atoms with Gasteiger partial charge in [0.2, 0.25) is 0 Å². The zero-order valence-corrected chi connectivity index (χ0v) is 11.3. The van der Waals surface area contributed by atoms with Crippen LogP contribution in [-0.4, -0.2) is 21.5 Å². The third-order valence-electron chi connectivity index (χ3n) is 3.00. The highest BCUT2D eigenvalue weighted by atomic mass is 16.5. The number of benzene rings is 1. The molecule has 102 valence electrons. The first kappa shape index (κ1) is 12.6. The molecule has 0 amide bonds. The molecule has 2 heterocycles. The van der Waals surface area contributed by atoms with E-state index in [9.17, 15) is 0 Å². The monoisotopic (exact) mass is 268 g/mol. The molecular formula is C15H16N4O. The summed E-state index contributed by atoms with van der Waals surface area (Å²) >= 11 is 0. The molecule has 3 rings (SSSR count). The van der Waals surface area contributed by atoms with Gasteiger partial charge in [0.1, 0.15) is 0 Å². The van der Waals surface area contributed by atoms with Crippen molar-refractivity contribution < 1.29 is 4.52 Å². The molecule has 5 nitrogen and oxygen atoms in total. The molecule has 5 heteroatoms. The van der Waals surface area contributed by atoms with Gasteiger partial charge in [0.15, 0.2) is 5.76 Å². The Hall–Kier alpha value is -2.40. The molecule has 3 aromatic rings. The van der Waals surface area contributed by atoms with E-state index < -0.39 is 0 Å². The van der Waals surface area contributed by atoms with Gasteiger partial charge < -0.3 is 9.84 Å². The molecule has 0 atom stereocenters.